The average Bonchev–Trinajstić information content (AvgIpc) is 3.06. The number of hydrogen-bond acceptors (Lipinski definition) is 5. The van der Waals surface area contributed by atoms with Crippen molar-refractivity contribution >= 4 is 43.2 Å². The first-order valence-electron chi connectivity index (χ1n) is 6.56. The summed E-state index contributed by atoms with van der Waals surface area (Å²) in [5.74, 6) is -0.285. The van der Waals surface area contributed by atoms with E-state index in [4.69, 9.17) is 0 Å². The third-order valence-corrected chi connectivity index (χ3v) is 5.63. The van der Waals surface area contributed by atoms with Crippen LogP contribution in [0.15, 0.2) is 23.7 Å². The second kappa shape index (κ2) is 5.36. The van der Waals surface area contributed by atoms with Gasteiger partial charge in [0, 0.05) is 12.2 Å². The number of aromatic nitrogens is 1. The van der Waals surface area contributed by atoms with Gasteiger partial charge in [-0.15, -0.1) is 11.3 Å². The van der Waals surface area contributed by atoms with E-state index in [0.29, 0.717) is 25.1 Å². The zero-order valence-corrected chi connectivity index (χ0v) is 13.1. The van der Waals surface area contributed by atoms with Crippen LogP contribution in [0.25, 0.3) is 10.2 Å². The highest BCUT2D eigenvalue weighted by atomic mass is 32.2. The van der Waals surface area contributed by atoms with Crippen LogP contribution in [0.4, 0.5) is 5.69 Å². The molecule has 2 aromatic rings. The van der Waals surface area contributed by atoms with E-state index in [-0.39, 0.29) is 5.91 Å². The number of anilines is 1. The van der Waals surface area contributed by atoms with Crippen molar-refractivity contribution in [2.24, 2.45) is 0 Å². The van der Waals surface area contributed by atoms with Crippen LogP contribution in [-0.4, -0.2) is 42.5 Å². The minimum atomic E-state index is -3.35. The van der Waals surface area contributed by atoms with E-state index in [2.05, 4.69) is 10.3 Å². The molecular formula is C13H15N3O3S2. The van der Waals surface area contributed by atoms with E-state index in [1.54, 1.807) is 17.6 Å². The predicted molar refractivity (Wildman–Crippen MR) is 82.8 cm³/mol. The van der Waals surface area contributed by atoms with Crippen molar-refractivity contribution in [3.8, 4) is 0 Å². The van der Waals surface area contributed by atoms with Gasteiger partial charge in [-0.05, 0) is 31.0 Å². The standard InChI is InChI=1S/C13H15N3O3S2/c1-21(18,19)16-6-2-3-11(16)13(17)15-9-4-5-12-10(7-9)14-8-20-12/h4-5,7-8,11H,2-3,6H2,1H3,(H,15,17)/t11-/m0/s1. The SMILES string of the molecule is CS(=O)(=O)N1CCC[C@H]1C(=O)Nc1ccc2scnc2c1. The molecule has 1 aromatic heterocycles. The van der Waals surface area contributed by atoms with Crippen LogP contribution in [0.5, 0.6) is 0 Å². The molecule has 1 fully saturated rings. The molecule has 3 rings (SSSR count). The van der Waals surface area contributed by atoms with Crippen LogP contribution < -0.4 is 5.32 Å². The largest absolute Gasteiger partial charge is 0.325 e. The number of benzene rings is 1. The molecule has 2 heterocycles. The number of fused-ring (bicyclic) bond motifs is 1. The number of amides is 1. The molecule has 0 spiro atoms. The van der Waals surface area contributed by atoms with E-state index in [0.717, 1.165) is 16.5 Å². The van der Waals surface area contributed by atoms with Crippen LogP contribution in [-0.2, 0) is 14.8 Å². The summed E-state index contributed by atoms with van der Waals surface area (Å²) < 4.78 is 25.7. The van der Waals surface area contributed by atoms with Gasteiger partial charge in [0.15, 0.2) is 0 Å². The van der Waals surface area contributed by atoms with Crippen molar-refractivity contribution in [1.82, 2.24) is 9.29 Å². The van der Waals surface area contributed by atoms with Crippen molar-refractivity contribution in [2.75, 3.05) is 18.1 Å². The second-order valence-electron chi connectivity index (χ2n) is 5.06. The maximum Gasteiger partial charge on any atom is 0.242 e. The Morgan fingerprint density at radius 3 is 3.05 bits per heavy atom. The highest BCUT2D eigenvalue weighted by Gasteiger charge is 2.36. The van der Waals surface area contributed by atoms with Crippen LogP contribution >= 0.6 is 11.3 Å². The molecule has 1 N–H and O–H groups in total. The van der Waals surface area contributed by atoms with Crippen LogP contribution in [0, 0.1) is 0 Å². The minimum Gasteiger partial charge on any atom is -0.325 e. The number of nitrogens with zero attached hydrogens (tertiary/aromatic N) is 2. The number of nitrogens with one attached hydrogen (secondary N) is 1. The van der Waals surface area contributed by atoms with Crippen molar-refractivity contribution in [1.29, 1.82) is 0 Å². The third kappa shape index (κ3) is 2.92. The number of carbonyl (C=O) groups excluding carboxylic acids is 1. The summed E-state index contributed by atoms with van der Waals surface area (Å²) >= 11 is 1.53. The Morgan fingerprint density at radius 1 is 1.48 bits per heavy atom. The molecule has 1 aromatic carbocycles. The summed E-state index contributed by atoms with van der Waals surface area (Å²) in [6, 6.07) is 4.87. The van der Waals surface area contributed by atoms with Crippen molar-refractivity contribution in [3.05, 3.63) is 23.7 Å². The summed E-state index contributed by atoms with van der Waals surface area (Å²) in [6.07, 6.45) is 2.40. The molecule has 1 aliphatic heterocycles. The Balaban J connectivity index is 1.79. The first kappa shape index (κ1) is 14.4. The Morgan fingerprint density at radius 2 is 2.29 bits per heavy atom. The van der Waals surface area contributed by atoms with E-state index < -0.39 is 16.1 Å². The van der Waals surface area contributed by atoms with E-state index in [1.807, 2.05) is 6.07 Å². The topological polar surface area (TPSA) is 79.4 Å². The molecule has 112 valence electrons. The normalized spacial score (nSPS) is 20.0. The Kier molecular flexibility index (Phi) is 3.68. The van der Waals surface area contributed by atoms with Gasteiger partial charge in [0.05, 0.1) is 22.0 Å². The average molecular weight is 325 g/mol. The number of carbonyl (C=O) groups is 1. The van der Waals surface area contributed by atoms with Gasteiger partial charge in [-0.3, -0.25) is 4.79 Å². The maximum absolute atomic E-state index is 12.3. The monoisotopic (exact) mass is 325 g/mol. The molecule has 0 unspecified atom stereocenters. The fourth-order valence-corrected chi connectivity index (χ4v) is 4.34. The number of rotatable bonds is 3. The Bertz CT molecular complexity index is 785. The van der Waals surface area contributed by atoms with Gasteiger partial charge in [0.1, 0.15) is 6.04 Å². The second-order valence-corrected chi connectivity index (χ2v) is 7.88. The maximum atomic E-state index is 12.3. The summed E-state index contributed by atoms with van der Waals surface area (Å²) in [7, 11) is -3.35. The zero-order chi connectivity index (χ0) is 15.0. The third-order valence-electron chi connectivity index (χ3n) is 3.53. The molecule has 8 heteroatoms. The fourth-order valence-electron chi connectivity index (χ4n) is 2.56. The van der Waals surface area contributed by atoms with E-state index in [1.165, 1.54) is 15.6 Å². The van der Waals surface area contributed by atoms with Gasteiger partial charge in [0.25, 0.3) is 0 Å². The number of sulfonamides is 1. The highest BCUT2D eigenvalue weighted by Crippen LogP contribution is 2.24. The van der Waals surface area contributed by atoms with Gasteiger partial charge in [0.2, 0.25) is 15.9 Å². The molecule has 0 saturated carbocycles. The summed E-state index contributed by atoms with van der Waals surface area (Å²) in [6.45, 7) is 0.405. The summed E-state index contributed by atoms with van der Waals surface area (Å²) in [4.78, 5) is 16.5. The first-order valence-corrected chi connectivity index (χ1v) is 9.29. The van der Waals surface area contributed by atoms with Crippen LogP contribution in [0.3, 0.4) is 0 Å². The van der Waals surface area contributed by atoms with Gasteiger partial charge in [-0.1, -0.05) is 0 Å². The molecule has 0 radical (unpaired) electrons. The number of thiazole rings is 1. The molecule has 0 aliphatic carbocycles. The van der Waals surface area contributed by atoms with Crippen molar-refractivity contribution in [3.63, 3.8) is 0 Å². The van der Waals surface area contributed by atoms with Crippen molar-refractivity contribution < 1.29 is 13.2 Å². The van der Waals surface area contributed by atoms with Crippen LogP contribution in [0.2, 0.25) is 0 Å². The number of hydrogen-bond donors (Lipinski definition) is 1. The lowest BCUT2D eigenvalue weighted by molar-refractivity contribution is -0.119. The lowest BCUT2D eigenvalue weighted by atomic mass is 10.2. The highest BCUT2D eigenvalue weighted by molar-refractivity contribution is 7.88. The minimum absolute atomic E-state index is 0.285. The molecule has 1 aliphatic rings. The van der Waals surface area contributed by atoms with E-state index in [9.17, 15) is 13.2 Å². The molecule has 1 amide bonds. The predicted octanol–water partition coefficient (Wildman–Crippen LogP) is 1.66. The lowest BCUT2D eigenvalue weighted by Crippen LogP contribution is -2.42. The molecule has 1 atom stereocenters. The lowest BCUT2D eigenvalue weighted by Gasteiger charge is -2.21. The molecule has 21 heavy (non-hydrogen) atoms. The fraction of sp³-hybridized carbons (Fsp3) is 0.385. The first-order chi connectivity index (χ1) is 9.95. The van der Waals surface area contributed by atoms with Crippen LogP contribution in [0.1, 0.15) is 12.8 Å². The molecule has 6 nitrogen and oxygen atoms in total. The van der Waals surface area contributed by atoms with E-state index >= 15 is 0 Å². The van der Waals surface area contributed by atoms with Gasteiger partial charge >= 0.3 is 0 Å². The smallest absolute Gasteiger partial charge is 0.242 e. The van der Waals surface area contributed by atoms with Gasteiger partial charge in [-0.2, -0.15) is 4.31 Å². The van der Waals surface area contributed by atoms with Crippen molar-refractivity contribution in [2.45, 2.75) is 18.9 Å². The quantitative estimate of drug-likeness (QED) is 0.931. The molecular weight excluding hydrogens is 310 g/mol. The Labute approximate surface area is 126 Å². The molecule has 1 saturated heterocycles. The Hall–Kier alpha value is -1.51. The summed E-state index contributed by atoms with van der Waals surface area (Å²) in [5, 5.41) is 2.79. The molecule has 0 bridgehead atoms. The van der Waals surface area contributed by atoms with Gasteiger partial charge < -0.3 is 5.32 Å². The van der Waals surface area contributed by atoms with Gasteiger partial charge in [-0.25, -0.2) is 13.4 Å². The zero-order valence-electron chi connectivity index (χ0n) is 11.4. The summed E-state index contributed by atoms with van der Waals surface area (Å²) in [5.41, 5.74) is 3.21.